The highest BCUT2D eigenvalue weighted by Crippen LogP contribution is 2.28. The maximum atomic E-state index is 11.3. The van der Waals surface area contributed by atoms with E-state index in [4.69, 9.17) is 4.74 Å². The topological polar surface area (TPSA) is 53.6 Å². The molecule has 0 aliphatic carbocycles. The molecule has 0 bridgehead atoms. The van der Waals surface area contributed by atoms with Crippen LogP contribution in [0, 0.1) is 0 Å². The molecule has 5 nitrogen and oxygen atoms in total. The molecule has 0 unspecified atom stereocenters. The lowest BCUT2D eigenvalue weighted by Crippen LogP contribution is -2.42. The molecule has 1 amide bonds. The van der Waals surface area contributed by atoms with Crippen LogP contribution >= 0.6 is 24.8 Å². The van der Waals surface area contributed by atoms with E-state index in [-0.39, 0.29) is 37.3 Å². The van der Waals surface area contributed by atoms with E-state index in [1.54, 1.807) is 0 Å². The molecule has 0 aromatic heterocycles. The van der Waals surface area contributed by atoms with Gasteiger partial charge >= 0.3 is 0 Å². The van der Waals surface area contributed by atoms with Gasteiger partial charge in [-0.05, 0) is 17.7 Å². The summed E-state index contributed by atoms with van der Waals surface area (Å²) in [6.07, 6.45) is 0. The summed E-state index contributed by atoms with van der Waals surface area (Å²) in [5.41, 5.74) is 2.00. The van der Waals surface area contributed by atoms with Crippen LogP contribution in [0.1, 0.15) is 5.56 Å². The number of rotatable bonds is 2. The zero-order chi connectivity index (χ0) is 12.4. The molecular formula is C13H19Cl2N3O2. The van der Waals surface area contributed by atoms with E-state index in [0.29, 0.717) is 0 Å². The minimum absolute atomic E-state index is 0. The Morgan fingerprint density at radius 2 is 1.95 bits per heavy atom. The molecule has 7 heteroatoms. The van der Waals surface area contributed by atoms with Crippen molar-refractivity contribution >= 4 is 36.4 Å². The largest absolute Gasteiger partial charge is 0.482 e. The fourth-order valence-electron chi connectivity index (χ4n) is 2.36. The van der Waals surface area contributed by atoms with Gasteiger partial charge in [0.15, 0.2) is 6.61 Å². The molecule has 2 aliphatic heterocycles. The fourth-order valence-corrected chi connectivity index (χ4v) is 2.36. The second-order valence-corrected chi connectivity index (χ2v) is 4.69. The van der Waals surface area contributed by atoms with E-state index in [1.807, 2.05) is 12.1 Å². The van der Waals surface area contributed by atoms with Gasteiger partial charge in [-0.15, -0.1) is 24.8 Å². The van der Waals surface area contributed by atoms with Gasteiger partial charge < -0.3 is 15.4 Å². The van der Waals surface area contributed by atoms with Crippen molar-refractivity contribution in [2.45, 2.75) is 6.54 Å². The standard InChI is InChI=1S/C13H17N3O2.2ClH/c17-13-9-18-12-2-1-10(7-11(12)15-13)8-16-5-3-14-4-6-16;;/h1-2,7,14H,3-6,8-9H2,(H,15,17);2*1H. The minimum atomic E-state index is -0.0816. The summed E-state index contributed by atoms with van der Waals surface area (Å²) in [5.74, 6) is 0.681. The average Bonchev–Trinajstić information content (AvgIpc) is 2.39. The van der Waals surface area contributed by atoms with Crippen LogP contribution < -0.4 is 15.4 Å². The molecule has 1 aromatic carbocycles. The lowest BCUT2D eigenvalue weighted by Gasteiger charge is -2.27. The minimum Gasteiger partial charge on any atom is -0.482 e. The van der Waals surface area contributed by atoms with Gasteiger partial charge in [-0.25, -0.2) is 0 Å². The summed E-state index contributed by atoms with van der Waals surface area (Å²) in [5, 5.41) is 6.18. The fraction of sp³-hybridized carbons (Fsp3) is 0.462. The summed E-state index contributed by atoms with van der Waals surface area (Å²) in [7, 11) is 0. The molecule has 0 saturated carbocycles. The molecule has 0 radical (unpaired) electrons. The Kier molecular flexibility index (Phi) is 6.55. The molecule has 112 valence electrons. The molecular weight excluding hydrogens is 301 g/mol. The van der Waals surface area contributed by atoms with E-state index in [2.05, 4.69) is 21.6 Å². The summed E-state index contributed by atoms with van der Waals surface area (Å²) in [6.45, 7) is 5.27. The number of ether oxygens (including phenoxy) is 1. The van der Waals surface area contributed by atoms with Crippen LogP contribution in [0.2, 0.25) is 0 Å². The quantitative estimate of drug-likeness (QED) is 0.862. The zero-order valence-corrected chi connectivity index (χ0v) is 12.7. The molecule has 0 atom stereocenters. The molecule has 2 N–H and O–H groups in total. The molecule has 3 rings (SSSR count). The summed E-state index contributed by atoms with van der Waals surface area (Å²) in [4.78, 5) is 13.7. The number of carbonyl (C=O) groups excluding carboxylic acids is 1. The van der Waals surface area contributed by atoms with Crippen LogP contribution in [0.5, 0.6) is 5.75 Å². The maximum absolute atomic E-state index is 11.3. The number of fused-ring (bicyclic) bond motifs is 1. The summed E-state index contributed by atoms with van der Waals surface area (Å²) in [6, 6.07) is 6.01. The van der Waals surface area contributed by atoms with E-state index in [0.717, 1.165) is 44.2 Å². The lowest BCUT2D eigenvalue weighted by atomic mass is 10.1. The van der Waals surface area contributed by atoms with Gasteiger partial charge in [0.1, 0.15) is 5.75 Å². The normalized spacial score (nSPS) is 17.9. The molecule has 20 heavy (non-hydrogen) atoms. The van der Waals surface area contributed by atoms with Crippen molar-refractivity contribution in [2.24, 2.45) is 0 Å². The number of nitrogens with one attached hydrogen (secondary N) is 2. The van der Waals surface area contributed by atoms with Crippen molar-refractivity contribution in [3.63, 3.8) is 0 Å². The van der Waals surface area contributed by atoms with Gasteiger partial charge in [-0.1, -0.05) is 6.07 Å². The van der Waals surface area contributed by atoms with Crippen LogP contribution in [0.25, 0.3) is 0 Å². The van der Waals surface area contributed by atoms with Gasteiger partial charge in [0.05, 0.1) is 5.69 Å². The van der Waals surface area contributed by atoms with Gasteiger partial charge in [-0.2, -0.15) is 0 Å². The predicted octanol–water partition coefficient (Wildman–Crippen LogP) is 1.27. The molecule has 1 saturated heterocycles. The van der Waals surface area contributed by atoms with Crippen LogP contribution in [-0.4, -0.2) is 43.6 Å². The number of hydrogen-bond acceptors (Lipinski definition) is 4. The maximum Gasteiger partial charge on any atom is 0.262 e. The Morgan fingerprint density at radius 1 is 1.20 bits per heavy atom. The third kappa shape index (κ3) is 3.99. The highest BCUT2D eigenvalue weighted by molar-refractivity contribution is 5.95. The molecule has 0 spiro atoms. The Balaban J connectivity index is 0.000001000. The summed E-state index contributed by atoms with van der Waals surface area (Å²) < 4.78 is 5.35. The van der Waals surface area contributed by atoms with Crippen LogP contribution in [0.3, 0.4) is 0 Å². The molecule has 2 heterocycles. The summed E-state index contributed by atoms with van der Waals surface area (Å²) >= 11 is 0. The van der Waals surface area contributed by atoms with Crippen LogP contribution in [0.4, 0.5) is 5.69 Å². The molecule has 1 aromatic rings. The average molecular weight is 320 g/mol. The first-order chi connectivity index (χ1) is 8.81. The zero-order valence-electron chi connectivity index (χ0n) is 11.1. The van der Waals surface area contributed by atoms with Gasteiger partial charge in [0.2, 0.25) is 0 Å². The first kappa shape index (κ1) is 17.0. The third-order valence-corrected chi connectivity index (χ3v) is 3.29. The Hall–Kier alpha value is -1.01. The van der Waals surface area contributed by atoms with Gasteiger partial charge in [0.25, 0.3) is 5.91 Å². The smallest absolute Gasteiger partial charge is 0.262 e. The number of amides is 1. The number of anilines is 1. The number of halogens is 2. The predicted molar refractivity (Wildman–Crippen MR) is 83.2 cm³/mol. The number of hydrogen-bond donors (Lipinski definition) is 2. The van der Waals surface area contributed by atoms with E-state index in [1.165, 1.54) is 5.56 Å². The van der Waals surface area contributed by atoms with Gasteiger partial charge in [0, 0.05) is 32.7 Å². The van der Waals surface area contributed by atoms with Crippen molar-refractivity contribution in [3.05, 3.63) is 23.8 Å². The number of piperazine rings is 1. The second-order valence-electron chi connectivity index (χ2n) is 4.69. The highest BCUT2D eigenvalue weighted by Gasteiger charge is 2.17. The van der Waals surface area contributed by atoms with Crippen molar-refractivity contribution < 1.29 is 9.53 Å². The Labute approximate surface area is 130 Å². The number of benzene rings is 1. The first-order valence-corrected chi connectivity index (χ1v) is 6.30. The third-order valence-electron chi connectivity index (χ3n) is 3.29. The van der Waals surface area contributed by atoms with Crippen molar-refractivity contribution in [3.8, 4) is 5.75 Å². The monoisotopic (exact) mass is 319 g/mol. The number of nitrogens with zero attached hydrogens (tertiary/aromatic N) is 1. The van der Waals surface area contributed by atoms with Crippen LogP contribution in [-0.2, 0) is 11.3 Å². The van der Waals surface area contributed by atoms with Crippen molar-refractivity contribution in [1.82, 2.24) is 10.2 Å². The first-order valence-electron chi connectivity index (χ1n) is 6.30. The second kappa shape index (κ2) is 7.69. The van der Waals surface area contributed by atoms with Crippen molar-refractivity contribution in [1.29, 1.82) is 0 Å². The Morgan fingerprint density at radius 3 is 2.70 bits per heavy atom. The molecule has 1 fully saturated rings. The SMILES string of the molecule is Cl.Cl.O=C1COc2ccc(CN3CCNCC3)cc2N1. The van der Waals surface area contributed by atoms with Crippen molar-refractivity contribution in [2.75, 3.05) is 38.1 Å². The molecule has 2 aliphatic rings. The van der Waals surface area contributed by atoms with Gasteiger partial charge in [-0.3, -0.25) is 9.69 Å². The lowest BCUT2D eigenvalue weighted by molar-refractivity contribution is -0.118. The van der Waals surface area contributed by atoms with Crippen LogP contribution in [0.15, 0.2) is 18.2 Å². The Bertz CT molecular complexity index is 465. The van der Waals surface area contributed by atoms with E-state index >= 15 is 0 Å². The van der Waals surface area contributed by atoms with E-state index < -0.39 is 0 Å². The number of carbonyl (C=O) groups is 1. The highest BCUT2D eigenvalue weighted by atomic mass is 35.5. The van der Waals surface area contributed by atoms with E-state index in [9.17, 15) is 4.79 Å².